The average molecular weight is 492 g/mol. The third-order valence-corrected chi connectivity index (χ3v) is 5.30. The number of carbonyl (C=O) groups is 5. The number of nitrogens with one attached hydrogen (secondary N) is 3. The van der Waals surface area contributed by atoms with Crippen LogP contribution in [0, 0.1) is 0 Å². The fraction of sp³-hybridized carbons (Fsp3) is 0.500. The minimum atomic E-state index is -1.09. The summed E-state index contributed by atoms with van der Waals surface area (Å²) in [6, 6.07) is 3.84. The zero-order valence-electron chi connectivity index (χ0n) is 19.0. The summed E-state index contributed by atoms with van der Waals surface area (Å²) in [6.07, 6.45) is -0.932. The van der Waals surface area contributed by atoms with Crippen LogP contribution in [0.2, 0.25) is 0 Å². The summed E-state index contributed by atoms with van der Waals surface area (Å²) in [5.41, 5.74) is 0.870. The van der Waals surface area contributed by atoms with Crippen molar-refractivity contribution in [3.05, 3.63) is 29.3 Å². The summed E-state index contributed by atoms with van der Waals surface area (Å²) < 4.78 is 16.0. The Morgan fingerprint density at radius 3 is 2.29 bits per heavy atom. The van der Waals surface area contributed by atoms with Gasteiger partial charge in [-0.15, -0.1) is 0 Å². The van der Waals surface area contributed by atoms with Gasteiger partial charge in [-0.2, -0.15) is 0 Å². The Morgan fingerprint density at radius 1 is 0.971 bits per heavy atom. The van der Waals surface area contributed by atoms with E-state index in [9.17, 15) is 24.0 Å². The summed E-state index contributed by atoms with van der Waals surface area (Å²) in [7, 11) is 0. The molecule has 0 aliphatic carbocycles. The Balaban J connectivity index is 1.36. The Kier molecular flexibility index (Phi) is 9.52. The fourth-order valence-electron chi connectivity index (χ4n) is 3.69. The summed E-state index contributed by atoms with van der Waals surface area (Å²) >= 11 is 0. The number of ether oxygens (including phenoxy) is 3. The van der Waals surface area contributed by atoms with E-state index >= 15 is 0 Å². The van der Waals surface area contributed by atoms with Gasteiger partial charge in [0.1, 0.15) is 6.04 Å². The van der Waals surface area contributed by atoms with Gasteiger partial charge in [0.15, 0.2) is 0 Å². The fourth-order valence-corrected chi connectivity index (χ4v) is 3.69. The maximum atomic E-state index is 13.0. The quantitative estimate of drug-likeness (QED) is 0.201. The second-order valence-electron chi connectivity index (χ2n) is 7.67. The lowest BCUT2D eigenvalue weighted by Crippen LogP contribution is -2.54. The molecule has 35 heavy (non-hydrogen) atoms. The third kappa shape index (κ3) is 6.97. The van der Waals surface area contributed by atoms with Crippen molar-refractivity contribution in [3.63, 3.8) is 0 Å². The van der Waals surface area contributed by atoms with Gasteiger partial charge >= 0.3 is 6.09 Å². The molecule has 1 aromatic carbocycles. The zero-order chi connectivity index (χ0) is 25.2. The van der Waals surface area contributed by atoms with Crippen LogP contribution in [0.1, 0.15) is 33.6 Å². The van der Waals surface area contributed by atoms with Crippen molar-refractivity contribution < 1.29 is 43.3 Å². The molecule has 1 aromatic rings. The average Bonchev–Trinajstić information content (AvgIpc) is 3.07. The number of anilines is 1. The van der Waals surface area contributed by atoms with Gasteiger partial charge in [-0.25, -0.2) is 4.79 Å². The van der Waals surface area contributed by atoms with Gasteiger partial charge in [0.2, 0.25) is 11.8 Å². The predicted octanol–water partition coefficient (Wildman–Crippen LogP) is -0.183. The molecule has 13 nitrogen and oxygen atoms in total. The van der Waals surface area contributed by atoms with Crippen LogP contribution in [0.3, 0.4) is 0 Å². The molecule has 5 amide bonds. The summed E-state index contributed by atoms with van der Waals surface area (Å²) in [5.74, 6) is -2.20. The minimum absolute atomic E-state index is 0.0628. The lowest BCUT2D eigenvalue weighted by molar-refractivity contribution is -0.136. The molecule has 2 aliphatic rings. The highest BCUT2D eigenvalue weighted by atomic mass is 16.5. The highest BCUT2D eigenvalue weighted by Crippen LogP contribution is 2.32. The Bertz CT molecular complexity index is 968. The molecule has 1 saturated heterocycles. The maximum Gasteiger partial charge on any atom is 0.404 e. The molecule has 0 saturated carbocycles. The van der Waals surface area contributed by atoms with Crippen molar-refractivity contribution in [2.75, 3.05) is 58.0 Å². The van der Waals surface area contributed by atoms with Crippen LogP contribution in [0.4, 0.5) is 10.5 Å². The van der Waals surface area contributed by atoms with Crippen LogP contribution in [-0.4, -0.2) is 98.5 Å². The first-order chi connectivity index (χ1) is 16.9. The molecule has 0 radical (unpaired) electrons. The van der Waals surface area contributed by atoms with E-state index in [-0.39, 0.29) is 37.1 Å². The molecule has 0 spiro atoms. The number of benzene rings is 1. The SMILES string of the molecule is O=C(O)NCCOCCOCCOCCNc1cccc2c1C(=O)N([C@H]1CCC(=O)NC1=O)C2=O. The van der Waals surface area contributed by atoms with E-state index in [1.807, 2.05) is 0 Å². The third-order valence-electron chi connectivity index (χ3n) is 5.30. The molecule has 2 aliphatic heterocycles. The van der Waals surface area contributed by atoms with E-state index in [1.165, 1.54) is 6.07 Å². The normalized spacial score (nSPS) is 17.4. The van der Waals surface area contributed by atoms with Crippen LogP contribution in [-0.2, 0) is 23.8 Å². The number of carboxylic acid groups (broad SMARTS) is 1. The summed E-state index contributed by atoms with van der Waals surface area (Å²) in [5, 5.41) is 15.9. The second-order valence-corrected chi connectivity index (χ2v) is 7.67. The molecule has 3 rings (SSSR count). The number of imide groups is 2. The van der Waals surface area contributed by atoms with Gasteiger partial charge < -0.3 is 30.0 Å². The summed E-state index contributed by atoms with van der Waals surface area (Å²) in [6.45, 7) is 2.56. The summed E-state index contributed by atoms with van der Waals surface area (Å²) in [4.78, 5) is 60.6. The van der Waals surface area contributed by atoms with E-state index in [1.54, 1.807) is 12.1 Å². The Labute approximate surface area is 201 Å². The number of piperidine rings is 1. The number of amides is 5. The molecule has 190 valence electrons. The molecular formula is C22H28N4O9. The van der Waals surface area contributed by atoms with Crippen molar-refractivity contribution in [3.8, 4) is 0 Å². The smallest absolute Gasteiger partial charge is 0.404 e. The van der Waals surface area contributed by atoms with E-state index in [4.69, 9.17) is 19.3 Å². The molecule has 13 heteroatoms. The number of hydrogen-bond acceptors (Lipinski definition) is 9. The number of carbonyl (C=O) groups excluding carboxylic acids is 4. The highest BCUT2D eigenvalue weighted by Gasteiger charge is 2.45. The van der Waals surface area contributed by atoms with Gasteiger partial charge in [-0.05, 0) is 18.6 Å². The molecule has 1 fully saturated rings. The van der Waals surface area contributed by atoms with Crippen molar-refractivity contribution in [2.24, 2.45) is 0 Å². The first-order valence-corrected chi connectivity index (χ1v) is 11.2. The number of nitrogens with zero attached hydrogens (tertiary/aromatic N) is 1. The van der Waals surface area contributed by atoms with Crippen molar-refractivity contribution >= 4 is 35.4 Å². The van der Waals surface area contributed by atoms with Crippen LogP contribution in [0.5, 0.6) is 0 Å². The van der Waals surface area contributed by atoms with Crippen LogP contribution < -0.4 is 16.0 Å². The first kappa shape index (κ1) is 26.1. The maximum absolute atomic E-state index is 13.0. The van der Waals surface area contributed by atoms with Gasteiger partial charge in [-0.1, -0.05) is 6.07 Å². The van der Waals surface area contributed by atoms with Crippen LogP contribution in [0.15, 0.2) is 18.2 Å². The van der Waals surface area contributed by atoms with Crippen molar-refractivity contribution in [1.29, 1.82) is 0 Å². The second kappa shape index (κ2) is 12.8. The van der Waals surface area contributed by atoms with Gasteiger partial charge in [0, 0.05) is 25.2 Å². The minimum Gasteiger partial charge on any atom is -0.465 e. The molecule has 0 bridgehead atoms. The van der Waals surface area contributed by atoms with Gasteiger partial charge in [0.05, 0.1) is 50.8 Å². The Morgan fingerprint density at radius 2 is 1.63 bits per heavy atom. The number of fused-ring (bicyclic) bond motifs is 1. The van der Waals surface area contributed by atoms with Crippen molar-refractivity contribution in [2.45, 2.75) is 18.9 Å². The number of rotatable bonds is 14. The standard InChI is InChI=1S/C22H28N4O9/c27-17-5-4-16(19(28)25-17)26-20(29)14-2-1-3-15(18(14)21(26)30)23-6-8-33-10-12-35-13-11-34-9-7-24-22(31)32/h1-3,16,23-24H,4-13H2,(H,31,32)(H,25,27,28)/t16-/m0/s1. The van der Waals surface area contributed by atoms with E-state index < -0.39 is 35.8 Å². The highest BCUT2D eigenvalue weighted by molar-refractivity contribution is 6.25. The van der Waals surface area contributed by atoms with E-state index in [0.29, 0.717) is 45.3 Å². The molecule has 4 N–H and O–H groups in total. The lowest BCUT2D eigenvalue weighted by Gasteiger charge is -2.27. The molecular weight excluding hydrogens is 464 g/mol. The predicted molar refractivity (Wildman–Crippen MR) is 120 cm³/mol. The lowest BCUT2D eigenvalue weighted by atomic mass is 10.0. The molecule has 0 aromatic heterocycles. The van der Waals surface area contributed by atoms with E-state index in [0.717, 1.165) is 4.90 Å². The Hall–Kier alpha value is -3.55. The van der Waals surface area contributed by atoms with Crippen molar-refractivity contribution in [1.82, 2.24) is 15.5 Å². The number of hydrogen-bond donors (Lipinski definition) is 4. The van der Waals surface area contributed by atoms with E-state index in [2.05, 4.69) is 16.0 Å². The monoisotopic (exact) mass is 492 g/mol. The zero-order valence-corrected chi connectivity index (χ0v) is 19.0. The van der Waals surface area contributed by atoms with Crippen LogP contribution >= 0.6 is 0 Å². The molecule has 1 atom stereocenters. The van der Waals surface area contributed by atoms with Gasteiger partial charge in [0.25, 0.3) is 11.8 Å². The molecule has 2 heterocycles. The van der Waals surface area contributed by atoms with Crippen LogP contribution in [0.25, 0.3) is 0 Å². The molecule has 0 unspecified atom stereocenters. The largest absolute Gasteiger partial charge is 0.465 e. The topological polar surface area (TPSA) is 173 Å². The van der Waals surface area contributed by atoms with Gasteiger partial charge in [-0.3, -0.25) is 29.4 Å². The first-order valence-electron chi connectivity index (χ1n) is 11.2.